The Balaban J connectivity index is 1.96. The fourth-order valence-corrected chi connectivity index (χ4v) is 2.77. The number of amides is 1. The highest BCUT2D eigenvalue weighted by molar-refractivity contribution is 5.81. The van der Waals surface area contributed by atoms with E-state index >= 15 is 0 Å². The number of unbranched alkanes of at least 4 members (excludes halogenated alkanes) is 1. The summed E-state index contributed by atoms with van der Waals surface area (Å²) in [5, 5.41) is 2.95. The number of hydrogen-bond donors (Lipinski definition) is 1. The van der Waals surface area contributed by atoms with Crippen LogP contribution in [-0.4, -0.2) is 18.6 Å². The van der Waals surface area contributed by atoms with Gasteiger partial charge in [-0.2, -0.15) is 0 Å². The van der Waals surface area contributed by atoms with Gasteiger partial charge in [0.1, 0.15) is 5.75 Å². The van der Waals surface area contributed by atoms with Crippen LogP contribution in [0.15, 0.2) is 18.2 Å². The Morgan fingerprint density at radius 3 is 2.71 bits per heavy atom. The first kappa shape index (κ1) is 15.9. The van der Waals surface area contributed by atoms with E-state index in [1.165, 1.54) is 30.4 Å². The molecule has 1 aliphatic rings. The summed E-state index contributed by atoms with van der Waals surface area (Å²) in [6.45, 7) is 4.84. The molecule has 1 N–H and O–H groups in total. The summed E-state index contributed by atoms with van der Waals surface area (Å²) in [5.41, 5.74) is 2.83. The summed E-state index contributed by atoms with van der Waals surface area (Å²) in [6.07, 6.45) is 7.24. The molecule has 1 atom stereocenters. The highest BCUT2D eigenvalue weighted by atomic mass is 16.5. The highest BCUT2D eigenvalue weighted by Crippen LogP contribution is 2.26. The number of carbonyl (C=O) groups excluding carboxylic acids is 1. The largest absolute Gasteiger partial charge is 0.481 e. The Bertz CT molecular complexity index is 470. The molecular formula is C18H27NO2. The minimum atomic E-state index is -0.386. The molecule has 0 aromatic heterocycles. The normalized spacial score (nSPS) is 15.1. The van der Waals surface area contributed by atoms with Crippen molar-refractivity contribution in [1.82, 2.24) is 5.32 Å². The average Bonchev–Trinajstić information content (AvgIpc) is 2.52. The topological polar surface area (TPSA) is 38.3 Å². The summed E-state index contributed by atoms with van der Waals surface area (Å²) in [6, 6.07) is 6.29. The third-order valence-electron chi connectivity index (χ3n) is 4.09. The summed E-state index contributed by atoms with van der Waals surface area (Å²) in [4.78, 5) is 12.1. The van der Waals surface area contributed by atoms with Crippen LogP contribution in [-0.2, 0) is 17.6 Å². The second-order valence-electron chi connectivity index (χ2n) is 5.80. The van der Waals surface area contributed by atoms with Crippen LogP contribution in [0.3, 0.4) is 0 Å². The Labute approximate surface area is 128 Å². The van der Waals surface area contributed by atoms with Crippen molar-refractivity contribution in [3.05, 3.63) is 29.3 Å². The molecule has 116 valence electrons. The van der Waals surface area contributed by atoms with Gasteiger partial charge in [-0.05, 0) is 61.8 Å². The quantitative estimate of drug-likeness (QED) is 0.778. The average molecular weight is 289 g/mol. The molecular weight excluding hydrogens is 262 g/mol. The van der Waals surface area contributed by atoms with Gasteiger partial charge in [-0.25, -0.2) is 0 Å². The number of hydrogen-bond acceptors (Lipinski definition) is 2. The number of benzene rings is 1. The zero-order chi connectivity index (χ0) is 15.1. The van der Waals surface area contributed by atoms with Gasteiger partial charge in [0.05, 0.1) is 0 Å². The van der Waals surface area contributed by atoms with Crippen molar-refractivity contribution in [2.24, 2.45) is 0 Å². The molecule has 0 heterocycles. The van der Waals surface area contributed by atoms with E-state index in [4.69, 9.17) is 4.74 Å². The molecule has 0 saturated carbocycles. The molecule has 0 saturated heterocycles. The molecule has 0 fully saturated rings. The van der Waals surface area contributed by atoms with Crippen LogP contribution in [0.25, 0.3) is 0 Å². The molecule has 1 aromatic rings. The lowest BCUT2D eigenvalue weighted by molar-refractivity contribution is -0.128. The lowest BCUT2D eigenvalue weighted by atomic mass is 9.92. The predicted molar refractivity (Wildman–Crippen MR) is 85.7 cm³/mol. The minimum absolute atomic E-state index is 0.00340. The standard InChI is InChI=1S/C18H27NO2/c1-3-5-12-19-18(20)17(4-2)21-16-11-10-14-8-6-7-9-15(14)13-16/h10-11,13,17H,3-9,12H2,1-2H3,(H,19,20)/t17-/m0/s1. The van der Waals surface area contributed by atoms with Crippen LogP contribution in [0.1, 0.15) is 57.1 Å². The summed E-state index contributed by atoms with van der Waals surface area (Å²) >= 11 is 0. The Morgan fingerprint density at radius 2 is 2.00 bits per heavy atom. The number of fused-ring (bicyclic) bond motifs is 1. The van der Waals surface area contributed by atoms with Gasteiger partial charge < -0.3 is 10.1 Å². The Hall–Kier alpha value is -1.51. The molecule has 1 aromatic carbocycles. The maximum Gasteiger partial charge on any atom is 0.261 e. The predicted octanol–water partition coefficient (Wildman–Crippen LogP) is 3.64. The van der Waals surface area contributed by atoms with Gasteiger partial charge in [0.2, 0.25) is 0 Å². The zero-order valence-electron chi connectivity index (χ0n) is 13.3. The zero-order valence-corrected chi connectivity index (χ0v) is 13.3. The molecule has 21 heavy (non-hydrogen) atoms. The first-order valence-corrected chi connectivity index (χ1v) is 8.30. The molecule has 0 spiro atoms. The number of aryl methyl sites for hydroxylation is 2. The lowest BCUT2D eigenvalue weighted by Gasteiger charge is -2.20. The van der Waals surface area contributed by atoms with E-state index in [9.17, 15) is 4.79 Å². The van der Waals surface area contributed by atoms with Crippen LogP contribution in [0.4, 0.5) is 0 Å². The molecule has 3 nitrogen and oxygen atoms in total. The molecule has 0 aliphatic heterocycles. The SMILES string of the molecule is CCCCNC(=O)[C@H](CC)Oc1ccc2c(c1)CCCC2. The summed E-state index contributed by atoms with van der Waals surface area (Å²) in [7, 11) is 0. The maximum absolute atomic E-state index is 12.1. The fourth-order valence-electron chi connectivity index (χ4n) is 2.77. The first-order valence-electron chi connectivity index (χ1n) is 8.30. The second-order valence-corrected chi connectivity index (χ2v) is 5.80. The molecule has 0 bridgehead atoms. The van der Waals surface area contributed by atoms with E-state index < -0.39 is 0 Å². The van der Waals surface area contributed by atoms with Gasteiger partial charge in [-0.1, -0.05) is 26.3 Å². The van der Waals surface area contributed by atoms with E-state index in [0.29, 0.717) is 6.42 Å². The molecule has 1 aliphatic carbocycles. The monoisotopic (exact) mass is 289 g/mol. The highest BCUT2D eigenvalue weighted by Gasteiger charge is 2.18. The van der Waals surface area contributed by atoms with E-state index in [-0.39, 0.29) is 12.0 Å². The Morgan fingerprint density at radius 1 is 1.24 bits per heavy atom. The summed E-state index contributed by atoms with van der Waals surface area (Å²) < 4.78 is 5.91. The second kappa shape index (κ2) is 8.06. The smallest absolute Gasteiger partial charge is 0.261 e. The minimum Gasteiger partial charge on any atom is -0.481 e. The number of nitrogens with one attached hydrogen (secondary N) is 1. The van der Waals surface area contributed by atoms with E-state index in [1.54, 1.807) is 0 Å². The van der Waals surface area contributed by atoms with Crippen molar-refractivity contribution >= 4 is 5.91 Å². The van der Waals surface area contributed by atoms with Crippen molar-refractivity contribution in [2.45, 2.75) is 64.9 Å². The van der Waals surface area contributed by atoms with E-state index in [2.05, 4.69) is 24.4 Å². The number of carbonyl (C=O) groups is 1. The third-order valence-corrected chi connectivity index (χ3v) is 4.09. The molecule has 2 rings (SSSR count). The van der Waals surface area contributed by atoms with Crippen LogP contribution >= 0.6 is 0 Å². The van der Waals surface area contributed by atoms with Crippen LogP contribution in [0.2, 0.25) is 0 Å². The van der Waals surface area contributed by atoms with E-state index in [0.717, 1.165) is 31.6 Å². The van der Waals surface area contributed by atoms with Crippen LogP contribution < -0.4 is 10.1 Å². The summed E-state index contributed by atoms with van der Waals surface area (Å²) in [5.74, 6) is 0.830. The van der Waals surface area contributed by atoms with Crippen LogP contribution in [0, 0.1) is 0 Å². The van der Waals surface area contributed by atoms with Crippen LogP contribution in [0.5, 0.6) is 5.75 Å². The third kappa shape index (κ3) is 4.48. The van der Waals surface area contributed by atoms with Gasteiger partial charge in [0.25, 0.3) is 5.91 Å². The van der Waals surface area contributed by atoms with Crippen molar-refractivity contribution in [3.63, 3.8) is 0 Å². The van der Waals surface area contributed by atoms with Gasteiger partial charge >= 0.3 is 0 Å². The number of rotatable bonds is 7. The van der Waals surface area contributed by atoms with E-state index in [1.807, 2.05) is 13.0 Å². The van der Waals surface area contributed by atoms with Gasteiger partial charge in [-0.15, -0.1) is 0 Å². The molecule has 0 radical (unpaired) electrons. The van der Waals surface area contributed by atoms with Gasteiger partial charge in [-0.3, -0.25) is 4.79 Å². The van der Waals surface area contributed by atoms with Gasteiger partial charge in [0.15, 0.2) is 6.10 Å². The van der Waals surface area contributed by atoms with Crippen molar-refractivity contribution in [2.75, 3.05) is 6.54 Å². The fraction of sp³-hybridized carbons (Fsp3) is 0.611. The van der Waals surface area contributed by atoms with Crippen molar-refractivity contribution < 1.29 is 9.53 Å². The maximum atomic E-state index is 12.1. The van der Waals surface area contributed by atoms with Crippen molar-refractivity contribution in [1.29, 1.82) is 0 Å². The molecule has 0 unspecified atom stereocenters. The number of ether oxygens (including phenoxy) is 1. The molecule has 1 amide bonds. The molecule has 3 heteroatoms. The Kier molecular flexibility index (Phi) is 6.09. The van der Waals surface area contributed by atoms with Crippen molar-refractivity contribution in [3.8, 4) is 5.75 Å². The van der Waals surface area contributed by atoms with Gasteiger partial charge in [0, 0.05) is 6.54 Å². The first-order chi connectivity index (χ1) is 10.2. The lowest BCUT2D eigenvalue weighted by Crippen LogP contribution is -2.38.